The number of aliphatic carboxylic acids is 1. The van der Waals surface area contributed by atoms with Crippen molar-refractivity contribution in [3.05, 3.63) is 0 Å². The van der Waals surface area contributed by atoms with E-state index in [4.69, 9.17) is 0 Å². The van der Waals surface area contributed by atoms with Gasteiger partial charge in [-0.3, -0.25) is 9.59 Å². The topological polar surface area (TPSA) is 78.4 Å². The van der Waals surface area contributed by atoms with Gasteiger partial charge in [0.05, 0.1) is 12.5 Å². The van der Waals surface area contributed by atoms with E-state index in [0.717, 1.165) is 32.1 Å². The van der Waals surface area contributed by atoms with Crippen LogP contribution in [0.25, 0.3) is 0 Å². The smallest absolute Gasteiger partial charge is 0.308 e. The number of carbonyl (C=O) groups excluding carboxylic acids is 1. The average molecular weight is 282 g/mol. The van der Waals surface area contributed by atoms with E-state index in [9.17, 15) is 14.7 Å². The summed E-state index contributed by atoms with van der Waals surface area (Å²) in [6, 6.07) is 0.156. The van der Waals surface area contributed by atoms with Crippen LogP contribution in [0.1, 0.15) is 46.0 Å². The van der Waals surface area contributed by atoms with Crippen molar-refractivity contribution in [1.29, 1.82) is 0 Å². The number of rotatable bonds is 7. The van der Waals surface area contributed by atoms with Gasteiger partial charge in [-0.2, -0.15) is 0 Å². The molecular weight excluding hydrogens is 256 g/mol. The number of hydrogen-bond donors (Lipinski definition) is 3. The summed E-state index contributed by atoms with van der Waals surface area (Å²) in [6.45, 7) is 4.32. The molecule has 2 aliphatic carbocycles. The van der Waals surface area contributed by atoms with Crippen LogP contribution in [0.3, 0.4) is 0 Å². The summed E-state index contributed by atoms with van der Waals surface area (Å²) >= 11 is 0. The van der Waals surface area contributed by atoms with Crippen molar-refractivity contribution in [3.63, 3.8) is 0 Å². The Kier molecular flexibility index (Phi) is 5.02. The number of carboxylic acids is 1. The molecule has 5 atom stereocenters. The molecule has 2 fully saturated rings. The second-order valence-corrected chi connectivity index (χ2v) is 6.36. The van der Waals surface area contributed by atoms with E-state index in [1.54, 1.807) is 0 Å². The zero-order chi connectivity index (χ0) is 14.7. The first-order valence-corrected chi connectivity index (χ1v) is 7.78. The van der Waals surface area contributed by atoms with Gasteiger partial charge in [0.25, 0.3) is 0 Å². The zero-order valence-electron chi connectivity index (χ0n) is 12.4. The van der Waals surface area contributed by atoms with Crippen molar-refractivity contribution in [2.75, 3.05) is 6.54 Å². The largest absolute Gasteiger partial charge is 0.481 e. The number of fused-ring (bicyclic) bond motifs is 2. The molecule has 2 bridgehead atoms. The van der Waals surface area contributed by atoms with Crippen LogP contribution >= 0.6 is 0 Å². The highest BCUT2D eigenvalue weighted by molar-refractivity contribution is 5.78. The van der Waals surface area contributed by atoms with Crippen molar-refractivity contribution in [1.82, 2.24) is 10.6 Å². The van der Waals surface area contributed by atoms with E-state index in [1.807, 2.05) is 6.92 Å². The maximum absolute atomic E-state index is 11.8. The van der Waals surface area contributed by atoms with Crippen LogP contribution in [0, 0.1) is 17.8 Å². The molecule has 2 aliphatic rings. The van der Waals surface area contributed by atoms with E-state index in [2.05, 4.69) is 17.6 Å². The van der Waals surface area contributed by atoms with Crippen molar-refractivity contribution >= 4 is 11.9 Å². The minimum atomic E-state index is -0.713. The number of carboxylic acid groups (broad SMARTS) is 1. The molecule has 1 amide bonds. The van der Waals surface area contributed by atoms with Crippen LogP contribution in [0.4, 0.5) is 0 Å². The van der Waals surface area contributed by atoms with Gasteiger partial charge in [-0.05, 0) is 44.4 Å². The predicted molar refractivity (Wildman–Crippen MR) is 76.3 cm³/mol. The quantitative estimate of drug-likeness (QED) is 0.659. The van der Waals surface area contributed by atoms with Gasteiger partial charge >= 0.3 is 5.97 Å². The molecule has 0 spiro atoms. The Labute approximate surface area is 120 Å². The van der Waals surface area contributed by atoms with Gasteiger partial charge in [0.2, 0.25) is 5.91 Å². The first kappa shape index (κ1) is 15.3. The molecule has 0 saturated heterocycles. The number of amides is 1. The van der Waals surface area contributed by atoms with Crippen LogP contribution in [-0.2, 0) is 9.59 Å². The summed E-state index contributed by atoms with van der Waals surface area (Å²) in [5.41, 5.74) is 0. The number of nitrogens with one attached hydrogen (secondary N) is 2. The summed E-state index contributed by atoms with van der Waals surface area (Å²) in [5.74, 6) is -0.319. The summed E-state index contributed by atoms with van der Waals surface area (Å²) < 4.78 is 0. The van der Waals surface area contributed by atoms with E-state index < -0.39 is 5.97 Å². The van der Waals surface area contributed by atoms with E-state index in [-0.39, 0.29) is 30.5 Å². The molecular formula is C15H26N2O3. The highest BCUT2D eigenvalue weighted by Crippen LogP contribution is 2.48. The lowest BCUT2D eigenvalue weighted by Gasteiger charge is -2.29. The Morgan fingerprint density at radius 3 is 2.65 bits per heavy atom. The third kappa shape index (κ3) is 3.32. The minimum Gasteiger partial charge on any atom is -0.481 e. The molecule has 0 aromatic rings. The van der Waals surface area contributed by atoms with Gasteiger partial charge in [0.1, 0.15) is 0 Å². The monoisotopic (exact) mass is 282 g/mol. The first-order valence-electron chi connectivity index (χ1n) is 7.78. The molecule has 5 heteroatoms. The highest BCUT2D eigenvalue weighted by atomic mass is 16.4. The molecule has 2 rings (SSSR count). The molecule has 3 N–H and O–H groups in total. The normalized spacial score (nSPS) is 33.1. The second kappa shape index (κ2) is 6.57. The lowest BCUT2D eigenvalue weighted by Crippen LogP contribution is -2.48. The fourth-order valence-electron chi connectivity index (χ4n) is 3.98. The third-order valence-corrected chi connectivity index (χ3v) is 4.83. The van der Waals surface area contributed by atoms with Gasteiger partial charge in [-0.25, -0.2) is 0 Å². The Bertz CT molecular complexity index is 372. The second-order valence-electron chi connectivity index (χ2n) is 6.36. The maximum Gasteiger partial charge on any atom is 0.308 e. The summed E-state index contributed by atoms with van der Waals surface area (Å²) in [5, 5.41) is 15.5. The van der Waals surface area contributed by atoms with E-state index in [0.29, 0.717) is 11.8 Å². The Morgan fingerprint density at radius 1 is 1.30 bits per heavy atom. The van der Waals surface area contributed by atoms with Crippen molar-refractivity contribution < 1.29 is 14.7 Å². The lowest BCUT2D eigenvalue weighted by molar-refractivity contribution is -0.144. The fourth-order valence-corrected chi connectivity index (χ4v) is 3.98. The minimum absolute atomic E-state index is 0.0292. The van der Waals surface area contributed by atoms with Crippen molar-refractivity contribution in [2.45, 2.75) is 58.0 Å². The average Bonchev–Trinajstić information content (AvgIpc) is 2.96. The molecule has 0 radical (unpaired) electrons. The van der Waals surface area contributed by atoms with Crippen molar-refractivity contribution in [2.24, 2.45) is 17.8 Å². The molecule has 20 heavy (non-hydrogen) atoms. The predicted octanol–water partition coefficient (Wildman–Crippen LogP) is 1.38. The molecule has 5 nitrogen and oxygen atoms in total. The summed E-state index contributed by atoms with van der Waals surface area (Å²) in [7, 11) is 0. The molecule has 0 aliphatic heterocycles. The Balaban J connectivity index is 1.81. The van der Waals surface area contributed by atoms with Gasteiger partial charge in [0.15, 0.2) is 0 Å². The summed E-state index contributed by atoms with van der Waals surface area (Å²) in [4.78, 5) is 23.2. The van der Waals surface area contributed by atoms with Crippen LogP contribution in [-0.4, -0.2) is 35.6 Å². The molecule has 2 saturated carbocycles. The van der Waals surface area contributed by atoms with Gasteiger partial charge in [-0.1, -0.05) is 13.3 Å². The van der Waals surface area contributed by atoms with Crippen LogP contribution in [0.2, 0.25) is 0 Å². The van der Waals surface area contributed by atoms with Crippen LogP contribution < -0.4 is 10.6 Å². The third-order valence-electron chi connectivity index (χ3n) is 4.83. The van der Waals surface area contributed by atoms with Gasteiger partial charge in [-0.15, -0.1) is 0 Å². The van der Waals surface area contributed by atoms with Crippen LogP contribution in [0.15, 0.2) is 0 Å². The van der Waals surface area contributed by atoms with E-state index >= 15 is 0 Å². The zero-order valence-corrected chi connectivity index (χ0v) is 12.4. The fraction of sp³-hybridized carbons (Fsp3) is 0.867. The SMILES string of the molecule is CCCC(C)NC(=O)CNC1C2CCC(C2)C1C(=O)O. The number of hydrogen-bond acceptors (Lipinski definition) is 3. The van der Waals surface area contributed by atoms with Gasteiger partial charge in [0, 0.05) is 12.1 Å². The molecule has 0 aromatic carbocycles. The molecule has 5 unspecified atom stereocenters. The number of carbonyl (C=O) groups is 2. The Morgan fingerprint density at radius 2 is 2.00 bits per heavy atom. The molecule has 0 heterocycles. The van der Waals surface area contributed by atoms with E-state index in [1.165, 1.54) is 0 Å². The van der Waals surface area contributed by atoms with Gasteiger partial charge < -0.3 is 15.7 Å². The molecule has 114 valence electrons. The molecule has 0 aromatic heterocycles. The lowest BCUT2D eigenvalue weighted by atomic mass is 9.84. The maximum atomic E-state index is 11.8. The Hall–Kier alpha value is -1.10. The summed E-state index contributed by atoms with van der Waals surface area (Å²) in [6.07, 6.45) is 5.14. The van der Waals surface area contributed by atoms with Crippen molar-refractivity contribution in [3.8, 4) is 0 Å². The van der Waals surface area contributed by atoms with Crippen LogP contribution in [0.5, 0.6) is 0 Å². The highest BCUT2D eigenvalue weighted by Gasteiger charge is 2.50. The first-order chi connectivity index (χ1) is 9.52. The standard InChI is InChI=1S/C15H26N2O3/c1-3-4-9(2)17-12(18)8-16-14-11-6-5-10(7-11)13(14)15(19)20/h9-11,13-14,16H,3-8H2,1-2H3,(H,17,18)(H,19,20).